The highest BCUT2D eigenvalue weighted by atomic mass is 16.7. The van der Waals surface area contributed by atoms with Gasteiger partial charge in [0.25, 0.3) is 0 Å². The summed E-state index contributed by atoms with van der Waals surface area (Å²) in [6, 6.07) is 0. The van der Waals surface area contributed by atoms with E-state index < -0.39 is 72.5 Å². The molecule has 6 aliphatic heterocycles. The van der Waals surface area contributed by atoms with Crippen molar-refractivity contribution in [3.63, 3.8) is 0 Å². The molecule has 4 saturated heterocycles. The smallest absolute Gasteiger partial charge is 0.316 e. The highest BCUT2D eigenvalue weighted by Gasteiger charge is 2.60. The molecule has 4 fully saturated rings. The van der Waals surface area contributed by atoms with Gasteiger partial charge in [0.05, 0.1) is 54.9 Å². The number of allylic oxidation sites excluding steroid dienone is 2. The van der Waals surface area contributed by atoms with Crippen molar-refractivity contribution in [3.8, 4) is 0 Å². The zero-order valence-corrected chi connectivity index (χ0v) is 40.2. The molecule has 0 saturated carbocycles. The second-order valence-electron chi connectivity index (χ2n) is 19.9. The molecule has 7 aliphatic rings. The van der Waals surface area contributed by atoms with Crippen LogP contribution in [0.5, 0.6) is 0 Å². The SMILES string of the molecule is CCC(C)[C@H]1O[C@]2(C=C[C@@H]1C)C[C@@H]1C[C@@H](C/C=C(\C)[C@@H](O[C@H]3C[C@H](OC)[C@@H](O[C@H]4C[C@H](OC)[C@](C)(NC)[C@H](C)O4)[C@H](C)O3)C(C)/C=C/C=C3\CO[C@@H]4[C@H](O)C(C)=C[C@@H](C(=O)O1)[C@]34O)O2. The fourth-order valence-corrected chi connectivity index (χ4v) is 11.1. The van der Waals surface area contributed by atoms with Gasteiger partial charge in [-0.25, -0.2) is 0 Å². The third-order valence-corrected chi connectivity index (χ3v) is 15.6. The number of likely N-dealkylation sites (N-methyl/N-ethyl adjacent to an activating group) is 1. The van der Waals surface area contributed by atoms with Crippen LogP contribution in [0.4, 0.5) is 0 Å². The van der Waals surface area contributed by atoms with E-state index in [1.54, 1.807) is 33.3 Å². The van der Waals surface area contributed by atoms with Crippen molar-refractivity contribution in [2.45, 2.75) is 197 Å². The van der Waals surface area contributed by atoms with Crippen LogP contribution in [-0.4, -0.2) is 141 Å². The van der Waals surface area contributed by atoms with Crippen molar-refractivity contribution in [1.29, 1.82) is 0 Å². The van der Waals surface area contributed by atoms with Gasteiger partial charge in [-0.15, -0.1) is 0 Å². The first-order valence-corrected chi connectivity index (χ1v) is 23.8. The Morgan fingerprint density at radius 3 is 2.41 bits per heavy atom. The summed E-state index contributed by atoms with van der Waals surface area (Å²) >= 11 is 0. The van der Waals surface area contributed by atoms with Crippen LogP contribution in [0.3, 0.4) is 0 Å². The van der Waals surface area contributed by atoms with Crippen LogP contribution in [0.2, 0.25) is 0 Å². The number of ether oxygens (including phenoxy) is 10. The van der Waals surface area contributed by atoms with Gasteiger partial charge in [0, 0.05) is 51.7 Å². The zero-order chi connectivity index (χ0) is 46.3. The fourth-order valence-electron chi connectivity index (χ4n) is 11.1. The van der Waals surface area contributed by atoms with Gasteiger partial charge >= 0.3 is 5.97 Å². The molecule has 6 heterocycles. The monoisotopic (exact) mass is 900 g/mol. The number of hydrogen-bond donors (Lipinski definition) is 3. The number of fused-ring (bicyclic) bond motifs is 2. The van der Waals surface area contributed by atoms with Crippen molar-refractivity contribution < 1.29 is 62.4 Å². The number of aliphatic hydroxyl groups is 2. The third kappa shape index (κ3) is 9.69. The number of carbonyl (C=O) groups is 1. The molecule has 14 nitrogen and oxygen atoms in total. The van der Waals surface area contributed by atoms with Crippen molar-refractivity contribution in [2.75, 3.05) is 27.9 Å². The summed E-state index contributed by atoms with van der Waals surface area (Å²) in [4.78, 5) is 14.4. The Kier molecular flexibility index (Phi) is 15.6. The highest BCUT2D eigenvalue weighted by Crippen LogP contribution is 2.47. The minimum Gasteiger partial charge on any atom is -0.462 e. The number of nitrogens with one attached hydrogen (secondary N) is 1. The van der Waals surface area contributed by atoms with Crippen molar-refractivity contribution in [2.24, 2.45) is 23.7 Å². The first-order chi connectivity index (χ1) is 30.4. The number of methoxy groups -OCH3 is 2. The van der Waals surface area contributed by atoms with Gasteiger partial charge in [-0.3, -0.25) is 4.79 Å². The van der Waals surface area contributed by atoms with Crippen molar-refractivity contribution >= 4 is 5.97 Å². The standard InChI is InChI=1S/C50H77NO13/c1-13-27(2)44-30(5)19-20-49(64-44)25-36-22-35(63-49)18-17-29(4)43(28(3)15-14-16-34-26-57-46-42(52)31(6)21-37(47(53)60-36)50(34,46)54)61-40-23-38(55-11)45(32(7)58-40)62-41-24-39(56-12)48(9,51-10)33(8)59-41/h14-17,19-21,27-28,30,32-33,35-46,51-52,54H,13,18,22-26H2,1-12H3/b15-14+,29-17+,34-16+/t27?,28?,30-,32-,33-,35+,36-,37-,38-,39-,40-,41-,42+,43-,44+,45-,46+,48+,49+,50+/m0/s1. The molecule has 64 heavy (non-hydrogen) atoms. The molecule has 2 bridgehead atoms. The Balaban J connectivity index is 1.17. The van der Waals surface area contributed by atoms with Crippen LogP contribution in [0, 0.1) is 23.7 Å². The number of carbonyl (C=O) groups excluding carboxylic acids is 1. The Labute approximate surface area is 381 Å². The summed E-state index contributed by atoms with van der Waals surface area (Å²) in [6.45, 7) is 18.5. The maximum Gasteiger partial charge on any atom is 0.316 e. The maximum absolute atomic E-state index is 14.4. The van der Waals surface area contributed by atoms with E-state index in [1.165, 1.54) is 0 Å². The zero-order valence-electron chi connectivity index (χ0n) is 40.2. The summed E-state index contributed by atoms with van der Waals surface area (Å²) in [5, 5.41) is 27.2. The lowest BCUT2D eigenvalue weighted by Crippen LogP contribution is -2.65. The summed E-state index contributed by atoms with van der Waals surface area (Å²) in [5.41, 5.74) is -0.201. The van der Waals surface area contributed by atoms with Crippen LogP contribution in [-0.2, 0) is 52.2 Å². The topological polar surface area (TPSA) is 162 Å². The summed E-state index contributed by atoms with van der Waals surface area (Å²) in [5.74, 6) is -2.52. The molecule has 2 unspecified atom stereocenters. The van der Waals surface area contributed by atoms with Gasteiger partial charge in [-0.05, 0) is 76.8 Å². The Morgan fingerprint density at radius 1 is 0.953 bits per heavy atom. The molecule has 0 radical (unpaired) electrons. The Bertz CT molecular complexity index is 1800. The van der Waals surface area contributed by atoms with Crippen molar-refractivity contribution in [3.05, 3.63) is 59.3 Å². The summed E-state index contributed by atoms with van der Waals surface area (Å²) in [6.07, 6.45) is 10.5. The fraction of sp³-hybridized carbons (Fsp3) is 0.780. The van der Waals surface area contributed by atoms with Gasteiger partial charge in [-0.2, -0.15) is 0 Å². The van der Waals surface area contributed by atoms with Crippen LogP contribution >= 0.6 is 0 Å². The molecule has 7 rings (SSSR count). The molecule has 1 spiro atoms. The summed E-state index contributed by atoms with van der Waals surface area (Å²) < 4.78 is 64.9. The highest BCUT2D eigenvalue weighted by molar-refractivity contribution is 5.78. The minimum atomic E-state index is -1.83. The maximum atomic E-state index is 14.4. The van der Waals surface area contributed by atoms with Gasteiger partial charge in [0.1, 0.15) is 35.9 Å². The molecule has 0 amide bonds. The number of esters is 1. The second-order valence-corrected chi connectivity index (χ2v) is 19.9. The lowest BCUT2D eigenvalue weighted by atomic mass is 9.71. The van der Waals surface area contributed by atoms with Crippen LogP contribution in [0.1, 0.15) is 101 Å². The molecular formula is C50H77NO13. The first kappa shape index (κ1) is 49.6. The Morgan fingerprint density at radius 2 is 1.70 bits per heavy atom. The van der Waals surface area contributed by atoms with E-state index in [2.05, 4.69) is 59.0 Å². The average Bonchev–Trinajstić information content (AvgIpc) is 3.61. The van der Waals surface area contributed by atoms with E-state index in [0.29, 0.717) is 43.3 Å². The van der Waals surface area contributed by atoms with E-state index in [4.69, 9.17) is 47.4 Å². The average molecular weight is 900 g/mol. The minimum absolute atomic E-state index is 0.0399. The molecule has 0 aromatic carbocycles. The van der Waals surface area contributed by atoms with Gasteiger partial charge < -0.3 is 62.9 Å². The van der Waals surface area contributed by atoms with E-state index in [1.807, 2.05) is 39.1 Å². The summed E-state index contributed by atoms with van der Waals surface area (Å²) in [7, 11) is 5.32. The van der Waals surface area contributed by atoms with Crippen LogP contribution in [0.25, 0.3) is 0 Å². The molecule has 0 aromatic rings. The number of hydrogen-bond acceptors (Lipinski definition) is 14. The largest absolute Gasteiger partial charge is 0.462 e. The van der Waals surface area contributed by atoms with Crippen LogP contribution in [0.15, 0.2) is 59.3 Å². The quantitative estimate of drug-likeness (QED) is 0.183. The molecule has 14 heteroatoms. The molecule has 3 N–H and O–H groups in total. The second kappa shape index (κ2) is 20.1. The van der Waals surface area contributed by atoms with Crippen molar-refractivity contribution in [1.82, 2.24) is 5.32 Å². The van der Waals surface area contributed by atoms with Gasteiger partial charge in [0.15, 0.2) is 18.4 Å². The molecule has 0 aromatic heterocycles. The first-order valence-electron chi connectivity index (χ1n) is 23.8. The van der Waals surface area contributed by atoms with E-state index >= 15 is 0 Å². The third-order valence-electron chi connectivity index (χ3n) is 15.6. The molecule has 1 aliphatic carbocycles. The van der Waals surface area contributed by atoms with E-state index in [-0.39, 0.29) is 60.4 Å². The van der Waals surface area contributed by atoms with Crippen LogP contribution < -0.4 is 5.32 Å². The van der Waals surface area contributed by atoms with Gasteiger partial charge in [0.2, 0.25) is 0 Å². The predicted octanol–water partition coefficient (Wildman–Crippen LogP) is 5.99. The lowest BCUT2D eigenvalue weighted by Gasteiger charge is -2.49. The predicted molar refractivity (Wildman–Crippen MR) is 239 cm³/mol. The van der Waals surface area contributed by atoms with E-state index in [0.717, 1.165) is 12.0 Å². The van der Waals surface area contributed by atoms with Gasteiger partial charge in [-0.1, -0.05) is 70.6 Å². The van der Waals surface area contributed by atoms with E-state index in [9.17, 15) is 15.0 Å². The molecule has 20 atom stereocenters. The number of rotatable bonds is 9. The molecule has 360 valence electrons. The lowest BCUT2D eigenvalue weighted by molar-refractivity contribution is -0.317. The number of aliphatic hydroxyl groups excluding tert-OH is 1. The Hall–Kier alpha value is -2.31. The molecular weight excluding hydrogens is 823 g/mol. The normalized spacial score (nSPS) is 49.2.